The molecule has 2 heterocycles. The Bertz CT molecular complexity index is 1270. The number of methoxy groups -OCH3 is 1. The van der Waals surface area contributed by atoms with Crippen molar-refractivity contribution in [3.63, 3.8) is 0 Å². The first kappa shape index (κ1) is 19.9. The van der Waals surface area contributed by atoms with Gasteiger partial charge in [-0.2, -0.15) is 0 Å². The fourth-order valence-corrected chi connectivity index (χ4v) is 4.06. The second-order valence-corrected chi connectivity index (χ2v) is 8.10. The largest absolute Gasteiger partial charge is 0.497 e. The molecule has 0 spiro atoms. The Labute approximate surface area is 182 Å². The number of carbonyl (C=O) groups excluding carboxylic acids is 1. The summed E-state index contributed by atoms with van der Waals surface area (Å²) >= 11 is 7.40. The van der Waals surface area contributed by atoms with Crippen molar-refractivity contribution >= 4 is 34.9 Å². The van der Waals surface area contributed by atoms with E-state index in [1.165, 1.54) is 22.0 Å². The number of benzene rings is 2. The van der Waals surface area contributed by atoms with Crippen molar-refractivity contribution in [2.75, 3.05) is 7.11 Å². The van der Waals surface area contributed by atoms with Crippen LogP contribution in [-0.4, -0.2) is 22.2 Å². The first-order valence-corrected chi connectivity index (χ1v) is 10.3. The summed E-state index contributed by atoms with van der Waals surface area (Å²) in [5.41, 5.74) is 1.55. The Morgan fingerprint density at radius 1 is 1.03 bits per heavy atom. The second-order valence-electron chi connectivity index (χ2n) is 6.39. The molecule has 0 aliphatic heterocycles. The summed E-state index contributed by atoms with van der Waals surface area (Å²) in [6.07, 6.45) is 4.72. The maximum Gasteiger partial charge on any atom is 0.340 e. The van der Waals surface area contributed by atoms with Crippen LogP contribution in [-0.2, 0) is 0 Å². The average Bonchev–Trinajstić information content (AvgIpc) is 3.36. The van der Waals surface area contributed by atoms with Gasteiger partial charge in [0.1, 0.15) is 5.75 Å². The van der Waals surface area contributed by atoms with Gasteiger partial charge in [0.05, 0.1) is 27.7 Å². The number of halogens is 1. The molecule has 0 fully saturated rings. The van der Waals surface area contributed by atoms with Crippen LogP contribution < -0.4 is 10.4 Å². The van der Waals surface area contributed by atoms with Gasteiger partial charge in [-0.05, 0) is 48.0 Å². The third-order valence-electron chi connectivity index (χ3n) is 4.50. The molecule has 4 rings (SSSR count). The summed E-state index contributed by atoms with van der Waals surface area (Å²) in [5, 5.41) is 0. The van der Waals surface area contributed by atoms with Crippen molar-refractivity contribution in [2.24, 2.45) is 0 Å². The van der Waals surface area contributed by atoms with Gasteiger partial charge in [0.15, 0.2) is 0 Å². The zero-order valence-corrected chi connectivity index (χ0v) is 17.6. The first-order chi connectivity index (χ1) is 14.6. The molecule has 150 valence electrons. The van der Waals surface area contributed by atoms with Gasteiger partial charge in [0.2, 0.25) is 0 Å². The predicted molar refractivity (Wildman–Crippen MR) is 121 cm³/mol. The molecular formula is C23H17ClN2O3S. The molecular weight excluding hydrogens is 420 g/mol. The van der Waals surface area contributed by atoms with Crippen LogP contribution in [0.25, 0.3) is 22.3 Å². The highest BCUT2D eigenvalue weighted by Gasteiger charge is 2.19. The zero-order chi connectivity index (χ0) is 21.1. The highest BCUT2D eigenvalue weighted by molar-refractivity contribution is 7.19. The highest BCUT2D eigenvalue weighted by Crippen LogP contribution is 2.31. The van der Waals surface area contributed by atoms with Gasteiger partial charge >= 0.3 is 5.69 Å². The minimum atomic E-state index is -0.440. The monoisotopic (exact) mass is 436 g/mol. The van der Waals surface area contributed by atoms with Crippen LogP contribution in [0.4, 0.5) is 0 Å². The van der Waals surface area contributed by atoms with E-state index in [9.17, 15) is 9.59 Å². The minimum Gasteiger partial charge on any atom is -0.497 e. The van der Waals surface area contributed by atoms with E-state index in [1.807, 2.05) is 42.5 Å². The molecule has 0 atom stereocenters. The van der Waals surface area contributed by atoms with E-state index in [0.717, 1.165) is 20.8 Å². The number of aromatic nitrogens is 2. The third kappa shape index (κ3) is 4.01. The van der Waals surface area contributed by atoms with Crippen LogP contribution in [0.1, 0.15) is 10.4 Å². The molecule has 0 bridgehead atoms. The Morgan fingerprint density at radius 3 is 2.40 bits per heavy atom. The SMILES string of the molecule is COc1ccc(/C=C/C(=O)n2c(-c3ccc(Cl)s3)cn(-c3ccccc3)c2=O)cc1. The summed E-state index contributed by atoms with van der Waals surface area (Å²) in [6, 6.07) is 20.0. The molecule has 2 aromatic carbocycles. The Hall–Kier alpha value is -3.35. The zero-order valence-electron chi connectivity index (χ0n) is 16.0. The van der Waals surface area contributed by atoms with Crippen LogP contribution >= 0.6 is 22.9 Å². The number of rotatable bonds is 5. The normalized spacial score (nSPS) is 11.1. The standard InChI is InChI=1S/C23H17ClN2O3S/c1-29-18-10-7-16(8-11-18)9-14-22(27)26-19(20-12-13-21(24)30-20)15-25(23(26)28)17-5-3-2-4-6-17/h2-15H,1H3/b14-9+. The molecule has 0 aliphatic carbocycles. The van der Waals surface area contributed by atoms with Crippen molar-refractivity contribution in [3.8, 4) is 22.0 Å². The number of nitrogens with zero attached hydrogens (tertiary/aromatic N) is 2. The maximum absolute atomic E-state index is 13.1. The highest BCUT2D eigenvalue weighted by atomic mass is 35.5. The van der Waals surface area contributed by atoms with Crippen LogP contribution in [0.3, 0.4) is 0 Å². The van der Waals surface area contributed by atoms with E-state index in [4.69, 9.17) is 16.3 Å². The smallest absolute Gasteiger partial charge is 0.340 e. The van der Waals surface area contributed by atoms with E-state index in [1.54, 1.807) is 43.6 Å². The van der Waals surface area contributed by atoms with E-state index >= 15 is 0 Å². The summed E-state index contributed by atoms with van der Waals surface area (Å²) in [4.78, 5) is 26.9. The number of allylic oxidation sites excluding steroid dienone is 1. The number of hydrogen-bond acceptors (Lipinski definition) is 4. The van der Waals surface area contributed by atoms with Crippen LogP contribution in [0.5, 0.6) is 5.75 Å². The third-order valence-corrected chi connectivity index (χ3v) is 5.76. The lowest BCUT2D eigenvalue weighted by Crippen LogP contribution is -2.27. The fraction of sp³-hybridized carbons (Fsp3) is 0.0435. The second kappa shape index (κ2) is 8.57. The molecule has 4 aromatic rings. The number of para-hydroxylation sites is 1. The molecule has 0 N–H and O–H groups in total. The molecule has 0 aliphatic rings. The molecule has 0 saturated heterocycles. The predicted octanol–water partition coefficient (Wildman–Crippen LogP) is 5.38. The topological polar surface area (TPSA) is 53.2 Å². The minimum absolute atomic E-state index is 0.440. The van der Waals surface area contributed by atoms with Crippen molar-refractivity contribution in [2.45, 2.75) is 0 Å². The molecule has 0 unspecified atom stereocenters. The van der Waals surface area contributed by atoms with Gasteiger partial charge in [-0.25, -0.2) is 9.36 Å². The van der Waals surface area contributed by atoms with Crippen molar-refractivity contribution in [3.05, 3.63) is 99.4 Å². The van der Waals surface area contributed by atoms with Crippen LogP contribution in [0, 0.1) is 0 Å². The fourth-order valence-electron chi connectivity index (χ4n) is 3.02. The lowest BCUT2D eigenvalue weighted by Gasteiger charge is -2.02. The van der Waals surface area contributed by atoms with E-state index in [-0.39, 0.29) is 0 Å². The van der Waals surface area contributed by atoms with E-state index in [2.05, 4.69) is 0 Å². The number of thiophene rings is 1. The van der Waals surface area contributed by atoms with E-state index < -0.39 is 11.6 Å². The molecule has 5 nitrogen and oxygen atoms in total. The summed E-state index contributed by atoms with van der Waals surface area (Å²) in [6.45, 7) is 0. The van der Waals surface area contributed by atoms with E-state index in [0.29, 0.717) is 15.7 Å². The number of carbonyl (C=O) groups is 1. The molecule has 0 saturated carbocycles. The van der Waals surface area contributed by atoms with Crippen LogP contribution in [0.15, 0.2) is 83.8 Å². The number of imidazole rings is 1. The molecule has 0 amide bonds. The molecule has 0 radical (unpaired) electrons. The van der Waals surface area contributed by atoms with Crippen molar-refractivity contribution in [1.82, 2.24) is 9.13 Å². The van der Waals surface area contributed by atoms with Gasteiger partial charge < -0.3 is 4.74 Å². The average molecular weight is 437 g/mol. The molecule has 7 heteroatoms. The summed E-state index contributed by atoms with van der Waals surface area (Å²) in [5.74, 6) is 0.288. The van der Waals surface area contributed by atoms with Crippen molar-refractivity contribution in [1.29, 1.82) is 0 Å². The summed E-state index contributed by atoms with van der Waals surface area (Å²) < 4.78 is 8.35. The van der Waals surface area contributed by atoms with Gasteiger partial charge in [-0.1, -0.05) is 41.9 Å². The van der Waals surface area contributed by atoms with Gasteiger partial charge in [-0.15, -0.1) is 11.3 Å². The molecule has 2 aromatic heterocycles. The first-order valence-electron chi connectivity index (χ1n) is 9.09. The molecule has 30 heavy (non-hydrogen) atoms. The Kier molecular flexibility index (Phi) is 5.70. The number of ether oxygens (including phenoxy) is 1. The Morgan fingerprint density at radius 2 is 1.77 bits per heavy atom. The number of hydrogen-bond donors (Lipinski definition) is 0. The van der Waals surface area contributed by atoms with Gasteiger partial charge in [0, 0.05) is 12.3 Å². The van der Waals surface area contributed by atoms with Crippen molar-refractivity contribution < 1.29 is 9.53 Å². The van der Waals surface area contributed by atoms with Gasteiger partial charge in [0.25, 0.3) is 5.91 Å². The summed E-state index contributed by atoms with van der Waals surface area (Å²) in [7, 11) is 1.59. The lowest BCUT2D eigenvalue weighted by molar-refractivity contribution is 0.0967. The van der Waals surface area contributed by atoms with Gasteiger partial charge in [-0.3, -0.25) is 9.36 Å². The lowest BCUT2D eigenvalue weighted by atomic mass is 10.2. The maximum atomic E-state index is 13.1. The Balaban J connectivity index is 1.77. The van der Waals surface area contributed by atoms with Crippen LogP contribution in [0.2, 0.25) is 4.34 Å². The quantitative estimate of drug-likeness (QED) is 0.394.